The van der Waals surface area contributed by atoms with Gasteiger partial charge in [0, 0.05) is 25.4 Å². The first-order valence-electron chi connectivity index (χ1n) is 6.40. The first-order valence-corrected chi connectivity index (χ1v) is 6.78. The molecule has 120 valence electrons. The Morgan fingerprint density at radius 2 is 2.13 bits per heavy atom. The number of nitrogens with zero attached hydrogens (tertiary/aromatic N) is 2. The van der Waals surface area contributed by atoms with Crippen LogP contribution in [0.1, 0.15) is 10.5 Å². The van der Waals surface area contributed by atoms with E-state index >= 15 is 0 Å². The van der Waals surface area contributed by atoms with Gasteiger partial charge < -0.3 is 14.6 Å². The molecule has 1 aromatic carbocycles. The molecule has 0 fully saturated rings. The molecule has 1 aromatic heterocycles. The number of aryl methyl sites for hydroxylation is 1. The molecule has 0 saturated carbocycles. The number of carbonyl (C=O) groups is 2. The van der Waals surface area contributed by atoms with Crippen molar-refractivity contribution in [3.63, 3.8) is 0 Å². The summed E-state index contributed by atoms with van der Waals surface area (Å²) in [7, 11) is 1.67. The smallest absolute Gasteiger partial charge is 0.355 e. The summed E-state index contributed by atoms with van der Waals surface area (Å²) in [4.78, 5) is 33.6. The van der Waals surface area contributed by atoms with Crippen LogP contribution in [0.15, 0.2) is 36.5 Å². The second kappa shape index (κ2) is 6.93. The topological polar surface area (TPSA) is 103 Å². The second-order valence-corrected chi connectivity index (χ2v) is 4.96. The number of benzene rings is 1. The molecule has 0 atom stereocenters. The Kier molecular flexibility index (Phi) is 4.97. The van der Waals surface area contributed by atoms with E-state index in [-0.39, 0.29) is 16.4 Å². The van der Waals surface area contributed by atoms with Crippen LogP contribution in [0.2, 0.25) is 5.02 Å². The number of esters is 1. The lowest BCUT2D eigenvalue weighted by molar-refractivity contribution is -0.384. The molecule has 2 aromatic rings. The molecule has 8 nitrogen and oxygen atoms in total. The molecule has 1 heterocycles. The van der Waals surface area contributed by atoms with E-state index in [1.807, 2.05) is 0 Å². The monoisotopic (exact) mass is 337 g/mol. The fourth-order valence-corrected chi connectivity index (χ4v) is 1.95. The first kappa shape index (κ1) is 16.5. The zero-order valence-corrected chi connectivity index (χ0v) is 12.7. The molecule has 2 rings (SSSR count). The average Bonchev–Trinajstić information content (AvgIpc) is 2.93. The number of hydrogen-bond donors (Lipinski definition) is 1. The molecule has 0 aliphatic rings. The van der Waals surface area contributed by atoms with E-state index in [1.54, 1.807) is 29.9 Å². The third-order valence-corrected chi connectivity index (χ3v) is 3.25. The number of anilines is 1. The Bertz CT molecular complexity index is 772. The molecule has 1 amide bonds. The number of nitrogens with one attached hydrogen (secondary N) is 1. The molecular formula is C14H12ClN3O5. The number of non-ortho nitro benzene ring substituents is 1. The predicted octanol–water partition coefficient (Wildman–Crippen LogP) is 2.38. The normalized spacial score (nSPS) is 10.2. The number of aromatic nitrogens is 1. The van der Waals surface area contributed by atoms with E-state index in [0.717, 1.165) is 6.07 Å². The number of amides is 1. The summed E-state index contributed by atoms with van der Waals surface area (Å²) < 4.78 is 6.42. The van der Waals surface area contributed by atoms with E-state index in [9.17, 15) is 19.7 Å². The van der Waals surface area contributed by atoms with Crippen molar-refractivity contribution in [2.24, 2.45) is 7.05 Å². The van der Waals surface area contributed by atoms with Crippen molar-refractivity contribution >= 4 is 34.9 Å². The molecular weight excluding hydrogens is 326 g/mol. The Labute approximate surface area is 135 Å². The van der Waals surface area contributed by atoms with Gasteiger partial charge in [0.15, 0.2) is 6.61 Å². The highest BCUT2D eigenvalue weighted by Crippen LogP contribution is 2.26. The van der Waals surface area contributed by atoms with Gasteiger partial charge in [-0.05, 0) is 18.2 Å². The Hall–Kier alpha value is -2.87. The molecule has 1 N–H and O–H groups in total. The minimum atomic E-state index is -0.657. The maximum atomic E-state index is 11.8. The zero-order chi connectivity index (χ0) is 17.0. The van der Waals surface area contributed by atoms with Crippen molar-refractivity contribution in [1.82, 2.24) is 4.57 Å². The van der Waals surface area contributed by atoms with Crippen molar-refractivity contribution < 1.29 is 19.2 Å². The summed E-state index contributed by atoms with van der Waals surface area (Å²) in [6, 6.07) is 6.86. The quantitative estimate of drug-likeness (QED) is 0.512. The number of rotatable bonds is 5. The van der Waals surface area contributed by atoms with E-state index in [1.165, 1.54) is 12.1 Å². The third-order valence-electron chi connectivity index (χ3n) is 2.92. The zero-order valence-electron chi connectivity index (χ0n) is 12.0. The molecule has 23 heavy (non-hydrogen) atoms. The largest absolute Gasteiger partial charge is 0.451 e. The van der Waals surface area contributed by atoms with Crippen LogP contribution in [0.3, 0.4) is 0 Å². The van der Waals surface area contributed by atoms with Crippen molar-refractivity contribution in [3.8, 4) is 0 Å². The van der Waals surface area contributed by atoms with Gasteiger partial charge >= 0.3 is 5.97 Å². The van der Waals surface area contributed by atoms with Crippen LogP contribution in [-0.2, 0) is 16.6 Å². The predicted molar refractivity (Wildman–Crippen MR) is 82.4 cm³/mol. The maximum Gasteiger partial charge on any atom is 0.355 e. The summed E-state index contributed by atoms with van der Waals surface area (Å²) >= 11 is 5.86. The number of hydrogen-bond acceptors (Lipinski definition) is 5. The lowest BCUT2D eigenvalue weighted by atomic mass is 10.3. The van der Waals surface area contributed by atoms with Crippen LogP contribution in [0.25, 0.3) is 0 Å². The summed E-state index contributed by atoms with van der Waals surface area (Å²) in [6.45, 7) is -0.539. The summed E-state index contributed by atoms with van der Waals surface area (Å²) in [5, 5.41) is 13.2. The van der Waals surface area contributed by atoms with Crippen LogP contribution < -0.4 is 5.32 Å². The number of halogens is 1. The van der Waals surface area contributed by atoms with Gasteiger partial charge in [-0.3, -0.25) is 14.9 Å². The molecule has 9 heteroatoms. The van der Waals surface area contributed by atoms with Gasteiger partial charge in [0.1, 0.15) is 5.69 Å². The summed E-state index contributed by atoms with van der Waals surface area (Å²) in [6.07, 6.45) is 1.67. The van der Waals surface area contributed by atoms with Crippen LogP contribution >= 0.6 is 11.6 Å². The van der Waals surface area contributed by atoms with Gasteiger partial charge in [0.05, 0.1) is 15.6 Å². The SMILES string of the molecule is Cn1cccc1C(=O)OCC(=O)Nc1cc([N+](=O)[O-])ccc1Cl. The van der Waals surface area contributed by atoms with Crippen molar-refractivity contribution in [2.45, 2.75) is 0 Å². The first-order chi connectivity index (χ1) is 10.9. The van der Waals surface area contributed by atoms with Crippen molar-refractivity contribution in [3.05, 3.63) is 57.4 Å². The standard InChI is InChI=1S/C14H12ClN3O5/c1-17-6-2-3-12(17)14(20)23-8-13(19)16-11-7-9(18(21)22)4-5-10(11)15/h2-7H,8H2,1H3,(H,16,19). The van der Waals surface area contributed by atoms with Crippen LogP contribution in [0, 0.1) is 10.1 Å². The number of nitro benzene ring substituents is 1. The number of nitro groups is 1. The molecule has 0 bridgehead atoms. The fourth-order valence-electron chi connectivity index (χ4n) is 1.79. The molecule has 0 spiro atoms. The molecule has 0 aliphatic heterocycles. The summed E-state index contributed by atoms with van der Waals surface area (Å²) in [5.74, 6) is -1.31. The highest BCUT2D eigenvalue weighted by Gasteiger charge is 2.15. The number of ether oxygens (including phenoxy) is 1. The van der Waals surface area contributed by atoms with Crippen molar-refractivity contribution in [2.75, 3.05) is 11.9 Å². The van der Waals surface area contributed by atoms with E-state index in [0.29, 0.717) is 5.69 Å². The Morgan fingerprint density at radius 3 is 2.74 bits per heavy atom. The van der Waals surface area contributed by atoms with Crippen molar-refractivity contribution in [1.29, 1.82) is 0 Å². The maximum absolute atomic E-state index is 11.8. The van der Waals surface area contributed by atoms with E-state index in [2.05, 4.69) is 5.32 Å². The van der Waals surface area contributed by atoms with Gasteiger partial charge in [-0.1, -0.05) is 11.6 Å². The second-order valence-electron chi connectivity index (χ2n) is 4.55. The van der Waals surface area contributed by atoms with Gasteiger partial charge in [-0.25, -0.2) is 4.79 Å². The van der Waals surface area contributed by atoms with Gasteiger partial charge in [0.25, 0.3) is 11.6 Å². The molecule has 0 unspecified atom stereocenters. The highest BCUT2D eigenvalue weighted by molar-refractivity contribution is 6.33. The van der Waals surface area contributed by atoms with Crippen LogP contribution in [-0.4, -0.2) is 28.0 Å². The summed E-state index contributed by atoms with van der Waals surface area (Å²) in [5.41, 5.74) is 0.150. The molecule has 0 saturated heterocycles. The van der Waals surface area contributed by atoms with Crippen LogP contribution in [0.5, 0.6) is 0 Å². The van der Waals surface area contributed by atoms with Gasteiger partial charge in [-0.15, -0.1) is 0 Å². The highest BCUT2D eigenvalue weighted by atomic mass is 35.5. The lowest BCUT2D eigenvalue weighted by Crippen LogP contribution is -2.22. The van der Waals surface area contributed by atoms with E-state index < -0.39 is 23.4 Å². The lowest BCUT2D eigenvalue weighted by Gasteiger charge is -2.08. The van der Waals surface area contributed by atoms with Gasteiger partial charge in [0.2, 0.25) is 0 Å². The number of carbonyl (C=O) groups excluding carboxylic acids is 2. The molecule has 0 radical (unpaired) electrons. The van der Waals surface area contributed by atoms with Gasteiger partial charge in [-0.2, -0.15) is 0 Å². The fraction of sp³-hybridized carbons (Fsp3) is 0.143. The third kappa shape index (κ3) is 4.07. The average molecular weight is 338 g/mol. The Morgan fingerprint density at radius 1 is 1.39 bits per heavy atom. The Balaban J connectivity index is 1.97. The van der Waals surface area contributed by atoms with E-state index in [4.69, 9.17) is 16.3 Å². The minimum absolute atomic E-state index is 0.0702. The minimum Gasteiger partial charge on any atom is -0.451 e. The van der Waals surface area contributed by atoms with Crippen LogP contribution in [0.4, 0.5) is 11.4 Å². The molecule has 0 aliphatic carbocycles.